The van der Waals surface area contributed by atoms with Gasteiger partial charge in [0, 0.05) is 6.54 Å². The SMILES string of the molecule is O=C(COC(=O)c1cccc(C(F)(F)F)c1)NCCCc1ccccc1. The fourth-order valence-corrected chi connectivity index (χ4v) is 2.25. The highest BCUT2D eigenvalue weighted by molar-refractivity contribution is 5.91. The van der Waals surface area contributed by atoms with Crippen LogP contribution in [0.2, 0.25) is 0 Å². The molecule has 0 aromatic heterocycles. The summed E-state index contributed by atoms with van der Waals surface area (Å²) in [6.45, 7) is -0.130. The van der Waals surface area contributed by atoms with Gasteiger partial charge in [-0.25, -0.2) is 4.79 Å². The first kappa shape index (κ1) is 19.5. The van der Waals surface area contributed by atoms with Crippen molar-refractivity contribution in [3.05, 3.63) is 71.3 Å². The fraction of sp³-hybridized carbons (Fsp3) is 0.263. The Balaban J connectivity index is 1.72. The quantitative estimate of drug-likeness (QED) is 0.602. The molecule has 0 bridgehead atoms. The zero-order chi connectivity index (χ0) is 19.0. The molecule has 0 aliphatic rings. The van der Waals surface area contributed by atoms with E-state index >= 15 is 0 Å². The maximum Gasteiger partial charge on any atom is 0.416 e. The van der Waals surface area contributed by atoms with Crippen LogP contribution in [0.25, 0.3) is 0 Å². The molecule has 2 aromatic rings. The van der Waals surface area contributed by atoms with E-state index < -0.39 is 30.2 Å². The van der Waals surface area contributed by atoms with Crippen molar-refractivity contribution in [3.63, 3.8) is 0 Å². The smallest absolute Gasteiger partial charge is 0.416 e. The molecule has 1 amide bonds. The van der Waals surface area contributed by atoms with Crippen molar-refractivity contribution in [3.8, 4) is 0 Å². The third-order valence-corrected chi connectivity index (χ3v) is 3.57. The first-order chi connectivity index (χ1) is 12.4. The lowest BCUT2D eigenvalue weighted by Crippen LogP contribution is -2.29. The van der Waals surface area contributed by atoms with E-state index in [1.165, 1.54) is 6.07 Å². The van der Waals surface area contributed by atoms with Crippen molar-refractivity contribution in [1.29, 1.82) is 0 Å². The highest BCUT2D eigenvalue weighted by Gasteiger charge is 2.31. The number of carbonyl (C=O) groups excluding carboxylic acids is 2. The predicted molar refractivity (Wildman–Crippen MR) is 89.5 cm³/mol. The first-order valence-electron chi connectivity index (χ1n) is 8.01. The van der Waals surface area contributed by atoms with E-state index in [1.807, 2.05) is 30.3 Å². The molecule has 2 rings (SSSR count). The van der Waals surface area contributed by atoms with Gasteiger partial charge in [0.05, 0.1) is 11.1 Å². The van der Waals surface area contributed by atoms with Crippen LogP contribution < -0.4 is 5.32 Å². The van der Waals surface area contributed by atoms with E-state index in [1.54, 1.807) is 0 Å². The number of hydrogen-bond acceptors (Lipinski definition) is 3. The average molecular weight is 365 g/mol. The molecule has 0 aliphatic carbocycles. The zero-order valence-electron chi connectivity index (χ0n) is 13.9. The van der Waals surface area contributed by atoms with E-state index in [4.69, 9.17) is 4.74 Å². The zero-order valence-corrected chi connectivity index (χ0v) is 13.9. The van der Waals surface area contributed by atoms with Gasteiger partial charge in [-0.05, 0) is 36.6 Å². The summed E-state index contributed by atoms with van der Waals surface area (Å²) in [5, 5.41) is 2.60. The number of hydrogen-bond donors (Lipinski definition) is 1. The van der Waals surface area contributed by atoms with Crippen LogP contribution in [0.3, 0.4) is 0 Å². The summed E-state index contributed by atoms with van der Waals surface area (Å²) >= 11 is 0. The summed E-state index contributed by atoms with van der Waals surface area (Å²) < 4.78 is 42.6. The number of benzene rings is 2. The summed E-state index contributed by atoms with van der Waals surface area (Å²) in [7, 11) is 0. The van der Waals surface area contributed by atoms with Gasteiger partial charge in [-0.2, -0.15) is 13.2 Å². The molecule has 1 N–H and O–H groups in total. The van der Waals surface area contributed by atoms with E-state index in [9.17, 15) is 22.8 Å². The Morgan fingerprint density at radius 3 is 2.42 bits per heavy atom. The minimum Gasteiger partial charge on any atom is -0.452 e. The minimum atomic E-state index is -4.55. The number of rotatable bonds is 7. The van der Waals surface area contributed by atoms with Crippen molar-refractivity contribution in [1.82, 2.24) is 5.32 Å². The lowest BCUT2D eigenvalue weighted by molar-refractivity contribution is -0.137. The van der Waals surface area contributed by atoms with Crippen LogP contribution in [-0.2, 0) is 22.1 Å². The number of halogens is 3. The van der Waals surface area contributed by atoms with Gasteiger partial charge in [0.1, 0.15) is 0 Å². The van der Waals surface area contributed by atoms with Gasteiger partial charge >= 0.3 is 12.1 Å². The molecular weight excluding hydrogens is 347 g/mol. The van der Waals surface area contributed by atoms with Crippen LogP contribution in [0, 0.1) is 0 Å². The summed E-state index contributed by atoms with van der Waals surface area (Å²) in [5.41, 5.74) is -0.0493. The summed E-state index contributed by atoms with van der Waals surface area (Å²) in [4.78, 5) is 23.4. The molecule has 26 heavy (non-hydrogen) atoms. The first-order valence-corrected chi connectivity index (χ1v) is 8.01. The monoisotopic (exact) mass is 365 g/mol. The number of carbonyl (C=O) groups is 2. The van der Waals surface area contributed by atoms with Crippen LogP contribution in [0.1, 0.15) is 27.9 Å². The van der Waals surface area contributed by atoms with Crippen LogP contribution in [0.4, 0.5) is 13.2 Å². The maximum absolute atomic E-state index is 12.6. The molecule has 0 heterocycles. The van der Waals surface area contributed by atoms with Crippen molar-refractivity contribution in [2.75, 3.05) is 13.2 Å². The molecule has 0 aliphatic heterocycles. The molecule has 0 atom stereocenters. The van der Waals surface area contributed by atoms with Gasteiger partial charge in [0.15, 0.2) is 6.61 Å². The Hall–Kier alpha value is -2.83. The standard InChI is InChI=1S/C19H18F3NO3/c20-19(21,22)16-10-4-9-15(12-16)18(25)26-13-17(24)23-11-5-8-14-6-2-1-3-7-14/h1-4,6-7,9-10,12H,5,8,11,13H2,(H,23,24). The number of ether oxygens (including phenoxy) is 1. The lowest BCUT2D eigenvalue weighted by atomic mass is 10.1. The van der Waals surface area contributed by atoms with Crippen molar-refractivity contribution >= 4 is 11.9 Å². The highest BCUT2D eigenvalue weighted by atomic mass is 19.4. The molecule has 0 unspecified atom stereocenters. The van der Waals surface area contributed by atoms with Gasteiger partial charge in [-0.3, -0.25) is 4.79 Å². The van der Waals surface area contributed by atoms with E-state index in [-0.39, 0.29) is 5.56 Å². The van der Waals surface area contributed by atoms with Gasteiger partial charge in [-0.15, -0.1) is 0 Å². The normalized spacial score (nSPS) is 11.0. The van der Waals surface area contributed by atoms with Gasteiger partial charge in [0.2, 0.25) is 0 Å². The van der Waals surface area contributed by atoms with E-state index in [2.05, 4.69) is 5.32 Å². The Morgan fingerprint density at radius 1 is 1.00 bits per heavy atom. The molecule has 0 saturated heterocycles. The Bertz CT molecular complexity index is 745. The van der Waals surface area contributed by atoms with E-state index in [0.29, 0.717) is 12.6 Å². The van der Waals surface area contributed by atoms with Crippen LogP contribution in [0.15, 0.2) is 54.6 Å². The summed E-state index contributed by atoms with van der Waals surface area (Å²) in [6, 6.07) is 13.6. The van der Waals surface area contributed by atoms with Crippen LogP contribution in [-0.4, -0.2) is 25.0 Å². The predicted octanol–water partition coefficient (Wildman–Crippen LogP) is 3.61. The van der Waals surface area contributed by atoms with Gasteiger partial charge in [-0.1, -0.05) is 36.4 Å². The second kappa shape index (κ2) is 9.03. The lowest BCUT2D eigenvalue weighted by Gasteiger charge is -2.09. The second-order valence-corrected chi connectivity index (χ2v) is 5.59. The topological polar surface area (TPSA) is 55.4 Å². The van der Waals surface area contributed by atoms with E-state index in [0.717, 1.165) is 30.5 Å². The largest absolute Gasteiger partial charge is 0.452 e. The van der Waals surface area contributed by atoms with Gasteiger partial charge < -0.3 is 10.1 Å². The Kier molecular flexibility index (Phi) is 6.77. The molecule has 0 spiro atoms. The molecular formula is C19H18F3NO3. The molecule has 138 valence electrons. The molecule has 0 radical (unpaired) electrons. The number of alkyl halides is 3. The van der Waals surface area contributed by atoms with Crippen LogP contribution in [0.5, 0.6) is 0 Å². The molecule has 2 aromatic carbocycles. The number of aryl methyl sites for hydroxylation is 1. The maximum atomic E-state index is 12.6. The Labute approximate surface area is 149 Å². The molecule has 4 nitrogen and oxygen atoms in total. The highest BCUT2D eigenvalue weighted by Crippen LogP contribution is 2.29. The molecule has 0 fully saturated rings. The fourth-order valence-electron chi connectivity index (χ4n) is 2.25. The second-order valence-electron chi connectivity index (χ2n) is 5.59. The van der Waals surface area contributed by atoms with Gasteiger partial charge in [0.25, 0.3) is 5.91 Å². The average Bonchev–Trinajstić information content (AvgIpc) is 2.63. The molecule has 7 heteroatoms. The summed E-state index contributed by atoms with van der Waals surface area (Å²) in [6.07, 6.45) is -3.03. The number of amides is 1. The molecule has 0 saturated carbocycles. The summed E-state index contributed by atoms with van der Waals surface area (Å²) in [5.74, 6) is -1.48. The third-order valence-electron chi connectivity index (χ3n) is 3.57. The van der Waals surface area contributed by atoms with Crippen molar-refractivity contribution in [2.45, 2.75) is 19.0 Å². The van der Waals surface area contributed by atoms with Crippen LogP contribution >= 0.6 is 0 Å². The Morgan fingerprint density at radius 2 is 1.73 bits per heavy atom. The number of nitrogens with one attached hydrogen (secondary N) is 1. The van der Waals surface area contributed by atoms with Crippen molar-refractivity contribution < 1.29 is 27.5 Å². The number of esters is 1. The third kappa shape index (κ3) is 6.23. The minimum absolute atomic E-state index is 0.253. The van der Waals surface area contributed by atoms with Crippen molar-refractivity contribution in [2.24, 2.45) is 0 Å².